The molecule has 0 radical (unpaired) electrons. The Morgan fingerprint density at radius 1 is 0.746 bits per heavy atom. The minimum absolute atomic E-state index is 0.0267. The summed E-state index contributed by atoms with van der Waals surface area (Å²) in [7, 11) is 3.12. The lowest BCUT2D eigenvalue weighted by Gasteiger charge is -2.61. The zero-order valence-corrected chi connectivity index (χ0v) is 36.7. The highest BCUT2D eigenvalue weighted by atomic mass is 35.5. The third-order valence-corrected chi connectivity index (χ3v) is 17.3. The van der Waals surface area contributed by atoms with Crippen molar-refractivity contribution < 1.29 is 28.6 Å². The second kappa shape index (κ2) is 16.3. The Hall–Kier alpha value is -4.37. The third kappa shape index (κ3) is 7.18. The number of aliphatic hydroxyl groups excluding tert-OH is 2. The van der Waals surface area contributed by atoms with Crippen molar-refractivity contribution in [3.8, 4) is 22.5 Å². The number of nitrogens with one attached hydrogen (secondary N) is 3. The number of aliphatic hydroxyl groups is 2. The quantitative estimate of drug-likeness (QED) is 0.0823. The number of aromatic nitrogens is 4. The molecule has 8 atom stereocenters. The number of hydrogen-bond acceptors (Lipinski definition) is 7. The molecule has 2 aromatic carbocycles. The highest BCUT2D eigenvalue weighted by molar-refractivity contribution is 6.62. The number of nitrogens with two attached hydrogens (primary N) is 1. The zero-order valence-electron chi connectivity index (χ0n) is 35.9. The van der Waals surface area contributed by atoms with Gasteiger partial charge in [-0.1, -0.05) is 24.3 Å². The van der Waals surface area contributed by atoms with E-state index in [1.807, 2.05) is 21.3 Å². The van der Waals surface area contributed by atoms with Gasteiger partial charge in [-0.25, -0.2) is 23.5 Å². The maximum absolute atomic E-state index is 14.8. The van der Waals surface area contributed by atoms with E-state index < -0.39 is 17.6 Å². The molecule has 7 N–H and O–H groups in total. The molecule has 4 aromatic rings. The zero-order chi connectivity index (χ0) is 43.9. The maximum atomic E-state index is 14.8. The van der Waals surface area contributed by atoms with Crippen LogP contribution < -0.4 is 21.7 Å². The summed E-state index contributed by atoms with van der Waals surface area (Å²) < 4.78 is 33.6. The van der Waals surface area contributed by atoms with E-state index in [4.69, 9.17) is 17.3 Å². The molecule has 63 heavy (non-hydrogen) atoms. The fourth-order valence-electron chi connectivity index (χ4n) is 14.9. The molecular formula is C48H59ClF2N8O4. The maximum Gasteiger partial charge on any atom is 0.314 e. The highest BCUT2D eigenvalue weighted by Gasteiger charge is 2.59. The molecule has 2 aromatic heterocycles. The van der Waals surface area contributed by atoms with E-state index in [9.17, 15) is 28.6 Å². The van der Waals surface area contributed by atoms with Crippen molar-refractivity contribution in [2.24, 2.45) is 52.1 Å². The summed E-state index contributed by atoms with van der Waals surface area (Å²) in [5.41, 5.74) is 11.4. The molecule has 336 valence electrons. The standard InChI is InChI=1S/C24H29FN4O2.C22H26FN3O.C2H4ClNO/c1-26-23(31)28-22-14-5-13-6-15(22)10-24(8-13,9-14)20(30)7-18-21-16(3-2-4-17(21)25)19-11-27-12-29(18)19;23-16-3-1-2-15-18-10-25-11-26(18)17(20(15)16)6-19(27)22-7-12-4-13(8-22)21(24)14(5-12)9-22;1-4-2(3)5/h2-4,11-15,18,20,22,30H,5-10H2,1H3,(H2,26,28,31);1-3,10-14,17,19,21,27H,4-9,24H2;1H3,(H,4,5). The van der Waals surface area contributed by atoms with Crippen LogP contribution in [0.4, 0.5) is 18.4 Å². The summed E-state index contributed by atoms with van der Waals surface area (Å²) in [6, 6.07) is 10.4. The molecular weight excluding hydrogens is 826 g/mol. The summed E-state index contributed by atoms with van der Waals surface area (Å²) in [5.74, 6) is 2.88. The lowest BCUT2D eigenvalue weighted by Crippen LogP contribution is -2.62. The Morgan fingerprint density at radius 2 is 1.17 bits per heavy atom. The van der Waals surface area contributed by atoms with Gasteiger partial charge >= 0.3 is 11.4 Å². The van der Waals surface area contributed by atoms with Gasteiger partial charge in [0.25, 0.3) is 0 Å². The van der Waals surface area contributed by atoms with Gasteiger partial charge in [-0.15, -0.1) is 0 Å². The van der Waals surface area contributed by atoms with Gasteiger partial charge in [0.1, 0.15) is 11.6 Å². The summed E-state index contributed by atoms with van der Waals surface area (Å²) in [5, 5.41) is 30.5. The van der Waals surface area contributed by atoms with Gasteiger partial charge in [0.05, 0.1) is 60.7 Å². The third-order valence-electron chi connectivity index (χ3n) is 17.1. The first-order chi connectivity index (χ1) is 30.3. The van der Waals surface area contributed by atoms with Crippen molar-refractivity contribution >= 4 is 23.0 Å². The molecule has 15 heteroatoms. The number of hydrogen-bond donors (Lipinski definition) is 6. The monoisotopic (exact) mass is 884 g/mol. The first-order valence-electron chi connectivity index (χ1n) is 22.9. The van der Waals surface area contributed by atoms with Crippen molar-refractivity contribution in [3.63, 3.8) is 0 Å². The van der Waals surface area contributed by atoms with Crippen molar-refractivity contribution in [3.05, 3.63) is 84.2 Å². The molecule has 0 spiro atoms. The summed E-state index contributed by atoms with van der Waals surface area (Å²) >= 11 is 4.71. The number of halogens is 3. The van der Waals surface area contributed by atoms with Crippen LogP contribution in [0, 0.1) is 58.0 Å². The number of fused-ring (bicyclic) bond motifs is 6. The van der Waals surface area contributed by atoms with Gasteiger partial charge in [0, 0.05) is 48.4 Å². The predicted molar refractivity (Wildman–Crippen MR) is 234 cm³/mol. The van der Waals surface area contributed by atoms with Crippen LogP contribution in [0.1, 0.15) is 100 Å². The minimum atomic E-state index is -0.523. The molecule has 2 aliphatic heterocycles. The molecule has 8 unspecified atom stereocenters. The first kappa shape index (κ1) is 42.6. The Balaban J connectivity index is 0.000000136. The average molecular weight is 886 g/mol. The molecule has 3 amide bonds. The SMILES string of the molecule is CNC(=O)Cl.CNC(=O)NC1C2CC3CC1CC(C(O)CC1c4c(F)cccc4-c4cncn41)(C3)C2.NC1C2CC3CC1CC(C(O)CC1c4c(F)cccc4-c4cncn41)(C3)C2. The van der Waals surface area contributed by atoms with Gasteiger partial charge in [-0.05, 0) is 147 Å². The number of rotatable bonds is 7. The summed E-state index contributed by atoms with van der Waals surface area (Å²) in [6.45, 7) is 0. The van der Waals surface area contributed by atoms with E-state index >= 15 is 0 Å². The number of carbonyl (C=O) groups excluding carboxylic acids is 2. The molecule has 14 rings (SSSR count). The van der Waals surface area contributed by atoms with Crippen LogP contribution in [-0.4, -0.2) is 79.1 Å². The number of carbonyl (C=O) groups is 2. The number of amides is 3. The molecule has 4 heterocycles. The average Bonchev–Trinajstić information content (AvgIpc) is 4.06. The molecule has 10 aliphatic rings. The van der Waals surface area contributed by atoms with Crippen LogP contribution in [-0.2, 0) is 0 Å². The fraction of sp³-hybridized carbons (Fsp3) is 0.583. The fourth-order valence-corrected chi connectivity index (χ4v) is 14.9. The lowest BCUT2D eigenvalue weighted by atomic mass is 9.46. The number of urea groups is 1. The molecule has 8 aliphatic carbocycles. The summed E-state index contributed by atoms with van der Waals surface area (Å²) in [4.78, 5) is 30.0. The van der Waals surface area contributed by atoms with Gasteiger partial charge in [-0.3, -0.25) is 4.79 Å². The number of nitrogens with zero attached hydrogens (tertiary/aromatic N) is 4. The van der Waals surface area contributed by atoms with E-state index in [2.05, 4.69) is 25.9 Å². The molecule has 8 bridgehead atoms. The van der Waals surface area contributed by atoms with Gasteiger partial charge in [0.15, 0.2) is 0 Å². The van der Waals surface area contributed by atoms with E-state index in [1.165, 1.54) is 32.0 Å². The van der Waals surface area contributed by atoms with Gasteiger partial charge in [-0.2, -0.15) is 0 Å². The van der Waals surface area contributed by atoms with E-state index in [0.717, 1.165) is 79.4 Å². The molecule has 0 saturated heterocycles. The van der Waals surface area contributed by atoms with E-state index in [1.54, 1.807) is 44.2 Å². The Labute approximate surface area is 371 Å². The lowest BCUT2D eigenvalue weighted by molar-refractivity contribution is -0.135. The van der Waals surface area contributed by atoms with Crippen molar-refractivity contribution in [1.29, 1.82) is 0 Å². The van der Waals surface area contributed by atoms with Crippen LogP contribution in [0.3, 0.4) is 0 Å². The van der Waals surface area contributed by atoms with Crippen molar-refractivity contribution in [2.75, 3.05) is 14.1 Å². The number of imidazole rings is 2. The molecule has 12 nitrogen and oxygen atoms in total. The topological polar surface area (TPSA) is 172 Å². The molecule has 8 fully saturated rings. The van der Waals surface area contributed by atoms with E-state index in [-0.39, 0.29) is 46.6 Å². The molecule has 8 saturated carbocycles. The second-order valence-corrected chi connectivity index (χ2v) is 20.7. The normalized spacial score (nSPS) is 34.9. The van der Waals surface area contributed by atoms with Crippen LogP contribution in [0.15, 0.2) is 61.4 Å². The van der Waals surface area contributed by atoms with Crippen molar-refractivity contribution in [1.82, 2.24) is 35.1 Å². The van der Waals surface area contributed by atoms with E-state index in [0.29, 0.717) is 60.0 Å². The second-order valence-electron chi connectivity index (χ2n) is 20.3. The highest BCUT2D eigenvalue weighted by Crippen LogP contribution is 2.64. The smallest absolute Gasteiger partial charge is 0.314 e. The Morgan fingerprint density at radius 3 is 1.60 bits per heavy atom. The minimum Gasteiger partial charge on any atom is -0.392 e. The first-order valence-corrected chi connectivity index (χ1v) is 23.3. The van der Waals surface area contributed by atoms with Crippen LogP contribution in [0.25, 0.3) is 22.5 Å². The van der Waals surface area contributed by atoms with Gasteiger partial charge < -0.3 is 41.0 Å². The number of benzene rings is 2. The van der Waals surface area contributed by atoms with Crippen LogP contribution in [0.5, 0.6) is 0 Å². The predicted octanol–water partition coefficient (Wildman–Crippen LogP) is 7.53. The van der Waals surface area contributed by atoms with Crippen LogP contribution in [0.2, 0.25) is 0 Å². The Bertz CT molecular complexity index is 2360. The van der Waals surface area contributed by atoms with Crippen LogP contribution >= 0.6 is 11.6 Å². The summed E-state index contributed by atoms with van der Waals surface area (Å²) in [6.07, 6.45) is 18.1. The largest absolute Gasteiger partial charge is 0.392 e. The Kier molecular flexibility index (Phi) is 11.0. The van der Waals surface area contributed by atoms with Gasteiger partial charge in [0.2, 0.25) is 0 Å². The van der Waals surface area contributed by atoms with Crippen molar-refractivity contribution in [2.45, 2.75) is 113 Å².